The van der Waals surface area contributed by atoms with Crippen LogP contribution in [0.1, 0.15) is 17.4 Å². The second-order valence-corrected chi connectivity index (χ2v) is 4.38. The maximum Gasteiger partial charge on any atom is 0.268 e. The molecule has 0 aliphatic carbocycles. The smallest absolute Gasteiger partial charge is 0.268 e. The van der Waals surface area contributed by atoms with E-state index in [2.05, 4.69) is 15.2 Å². The molecule has 5 nitrogen and oxygen atoms in total. The lowest BCUT2D eigenvalue weighted by Crippen LogP contribution is -2.44. The summed E-state index contributed by atoms with van der Waals surface area (Å²) in [4.78, 5) is 17.0. The van der Waals surface area contributed by atoms with Gasteiger partial charge in [0.25, 0.3) is 5.91 Å². The van der Waals surface area contributed by atoms with Gasteiger partial charge in [-0.25, -0.2) is 0 Å². The second-order valence-electron chi connectivity index (χ2n) is 4.38. The van der Waals surface area contributed by atoms with Crippen LogP contribution in [0.25, 0.3) is 0 Å². The molecule has 1 aliphatic heterocycles. The van der Waals surface area contributed by atoms with E-state index in [9.17, 15) is 4.79 Å². The molecule has 94 valence electrons. The van der Waals surface area contributed by atoms with E-state index >= 15 is 0 Å². The summed E-state index contributed by atoms with van der Waals surface area (Å²) in [6, 6.07) is 3.65. The van der Waals surface area contributed by atoms with Gasteiger partial charge in [0.1, 0.15) is 5.69 Å². The Labute approximate surface area is 101 Å². The Morgan fingerprint density at radius 3 is 3.12 bits per heavy atom. The van der Waals surface area contributed by atoms with Crippen LogP contribution in [0.4, 0.5) is 0 Å². The molecular formula is C12H19N3O2. The summed E-state index contributed by atoms with van der Waals surface area (Å²) in [7, 11) is 2.03. The predicted octanol–water partition coefficient (Wildman–Crippen LogP) is 0.464. The zero-order valence-electron chi connectivity index (χ0n) is 10.3. The number of H-pyrrole nitrogens is 1. The van der Waals surface area contributed by atoms with E-state index < -0.39 is 0 Å². The number of likely N-dealkylation sites (tertiary alicyclic amines) is 1. The summed E-state index contributed by atoms with van der Waals surface area (Å²) < 4.78 is 5.64. The molecule has 0 unspecified atom stereocenters. The van der Waals surface area contributed by atoms with Crippen molar-refractivity contribution in [1.82, 2.24) is 15.2 Å². The Bertz CT molecular complexity index is 364. The molecule has 2 rings (SSSR count). The number of hydrogen-bond donors (Lipinski definition) is 2. The Morgan fingerprint density at radius 2 is 2.47 bits per heavy atom. The Kier molecular flexibility index (Phi) is 3.81. The number of nitrogens with one attached hydrogen (secondary N) is 2. The fourth-order valence-corrected chi connectivity index (χ4v) is 2.20. The number of likely N-dealkylation sites (N-methyl/N-ethyl adjacent to an activating group) is 1. The summed E-state index contributed by atoms with van der Waals surface area (Å²) in [6.45, 7) is 4.34. The van der Waals surface area contributed by atoms with Crippen LogP contribution < -0.4 is 5.32 Å². The first-order chi connectivity index (χ1) is 8.20. The predicted molar refractivity (Wildman–Crippen MR) is 65.0 cm³/mol. The van der Waals surface area contributed by atoms with E-state index in [4.69, 9.17) is 4.74 Å². The average molecular weight is 237 g/mol. The van der Waals surface area contributed by atoms with Crippen LogP contribution in [0.3, 0.4) is 0 Å². The van der Waals surface area contributed by atoms with E-state index in [1.54, 1.807) is 12.3 Å². The Morgan fingerprint density at radius 1 is 1.65 bits per heavy atom. The third-order valence-electron chi connectivity index (χ3n) is 2.99. The van der Waals surface area contributed by atoms with E-state index in [1.165, 1.54) is 0 Å². The third-order valence-corrected chi connectivity index (χ3v) is 2.99. The molecule has 0 radical (unpaired) electrons. The first-order valence-electron chi connectivity index (χ1n) is 5.95. The van der Waals surface area contributed by atoms with Gasteiger partial charge >= 0.3 is 0 Å². The lowest BCUT2D eigenvalue weighted by atomic mass is 10.2. The third kappa shape index (κ3) is 2.87. The van der Waals surface area contributed by atoms with Crippen LogP contribution in [-0.2, 0) is 4.74 Å². The van der Waals surface area contributed by atoms with Gasteiger partial charge in [0.05, 0.1) is 12.1 Å². The van der Waals surface area contributed by atoms with Crippen LogP contribution in [0, 0.1) is 0 Å². The molecule has 17 heavy (non-hydrogen) atoms. The van der Waals surface area contributed by atoms with Gasteiger partial charge in [-0.2, -0.15) is 0 Å². The van der Waals surface area contributed by atoms with Crippen molar-refractivity contribution >= 4 is 5.91 Å². The molecule has 1 fully saturated rings. The highest BCUT2D eigenvalue weighted by molar-refractivity contribution is 5.92. The number of ether oxygens (including phenoxy) is 1. The number of hydrogen-bond acceptors (Lipinski definition) is 3. The van der Waals surface area contributed by atoms with Crippen LogP contribution in [0.2, 0.25) is 0 Å². The molecule has 0 saturated carbocycles. The first kappa shape index (κ1) is 12.1. The molecule has 2 N–H and O–H groups in total. The summed E-state index contributed by atoms with van der Waals surface area (Å²) >= 11 is 0. The molecule has 0 spiro atoms. The number of carbonyl (C=O) groups is 1. The quantitative estimate of drug-likeness (QED) is 0.800. The SMILES string of the molecule is CCO[C@@H]1CN(C)C[C@H]1NC(=O)c1ccc[nH]1. The molecule has 2 heterocycles. The van der Waals surface area contributed by atoms with Gasteiger partial charge in [-0.15, -0.1) is 0 Å². The molecule has 1 aliphatic rings. The number of nitrogens with zero attached hydrogens (tertiary/aromatic N) is 1. The minimum absolute atomic E-state index is 0.0655. The van der Waals surface area contributed by atoms with Crippen molar-refractivity contribution in [3.63, 3.8) is 0 Å². The topological polar surface area (TPSA) is 57.4 Å². The molecular weight excluding hydrogens is 218 g/mol. The van der Waals surface area contributed by atoms with Gasteiger partial charge in [-0.3, -0.25) is 4.79 Å². The highest BCUT2D eigenvalue weighted by Crippen LogP contribution is 2.12. The van der Waals surface area contributed by atoms with Crippen molar-refractivity contribution in [3.8, 4) is 0 Å². The van der Waals surface area contributed by atoms with Crippen molar-refractivity contribution < 1.29 is 9.53 Å². The number of aromatic amines is 1. The van der Waals surface area contributed by atoms with E-state index in [1.807, 2.05) is 20.0 Å². The maximum absolute atomic E-state index is 11.9. The molecule has 2 atom stereocenters. The molecule has 1 amide bonds. The minimum atomic E-state index is -0.0694. The first-order valence-corrected chi connectivity index (χ1v) is 5.95. The number of carbonyl (C=O) groups excluding carboxylic acids is 1. The standard InChI is InChI=1S/C12H19N3O2/c1-3-17-11-8-15(2)7-10(11)14-12(16)9-5-4-6-13-9/h4-6,10-11,13H,3,7-8H2,1-2H3,(H,14,16)/t10-,11-/m1/s1. The highest BCUT2D eigenvalue weighted by Gasteiger charge is 2.32. The van der Waals surface area contributed by atoms with Gasteiger partial charge < -0.3 is 19.9 Å². The molecule has 0 bridgehead atoms. The van der Waals surface area contributed by atoms with E-state index in [-0.39, 0.29) is 18.1 Å². The van der Waals surface area contributed by atoms with Gasteiger partial charge in [-0.05, 0) is 26.1 Å². The van der Waals surface area contributed by atoms with E-state index in [0.29, 0.717) is 12.3 Å². The highest BCUT2D eigenvalue weighted by atomic mass is 16.5. The van der Waals surface area contributed by atoms with Crippen LogP contribution >= 0.6 is 0 Å². The summed E-state index contributed by atoms with van der Waals surface area (Å²) in [5.41, 5.74) is 0.592. The Hall–Kier alpha value is -1.33. The lowest BCUT2D eigenvalue weighted by molar-refractivity contribution is 0.0512. The number of aromatic nitrogens is 1. The van der Waals surface area contributed by atoms with E-state index in [0.717, 1.165) is 13.1 Å². The maximum atomic E-state index is 11.9. The van der Waals surface area contributed by atoms with Crippen molar-refractivity contribution in [2.75, 3.05) is 26.7 Å². The molecule has 1 saturated heterocycles. The molecule has 1 aromatic heterocycles. The Balaban J connectivity index is 1.95. The molecule has 5 heteroatoms. The normalized spacial score (nSPS) is 25.1. The number of amides is 1. The molecule has 1 aromatic rings. The minimum Gasteiger partial charge on any atom is -0.375 e. The summed E-state index contributed by atoms with van der Waals surface area (Å²) in [5, 5.41) is 3.01. The van der Waals surface area contributed by atoms with Crippen molar-refractivity contribution in [2.24, 2.45) is 0 Å². The van der Waals surface area contributed by atoms with Gasteiger partial charge in [0.2, 0.25) is 0 Å². The molecule has 0 aromatic carbocycles. The fourth-order valence-electron chi connectivity index (χ4n) is 2.20. The van der Waals surface area contributed by atoms with Crippen molar-refractivity contribution in [3.05, 3.63) is 24.0 Å². The van der Waals surface area contributed by atoms with Crippen LogP contribution in [0.15, 0.2) is 18.3 Å². The van der Waals surface area contributed by atoms with Gasteiger partial charge in [-0.1, -0.05) is 0 Å². The fraction of sp³-hybridized carbons (Fsp3) is 0.583. The van der Waals surface area contributed by atoms with Gasteiger partial charge in [0, 0.05) is 25.9 Å². The zero-order valence-corrected chi connectivity index (χ0v) is 10.3. The largest absolute Gasteiger partial charge is 0.375 e. The average Bonchev–Trinajstić information content (AvgIpc) is 2.89. The zero-order chi connectivity index (χ0) is 12.3. The summed E-state index contributed by atoms with van der Waals surface area (Å²) in [5.74, 6) is -0.0694. The van der Waals surface area contributed by atoms with Crippen molar-refractivity contribution in [1.29, 1.82) is 0 Å². The van der Waals surface area contributed by atoms with Crippen LogP contribution in [-0.4, -0.2) is 54.7 Å². The monoisotopic (exact) mass is 237 g/mol. The second kappa shape index (κ2) is 5.33. The number of rotatable bonds is 4. The van der Waals surface area contributed by atoms with Gasteiger partial charge in [0.15, 0.2) is 0 Å². The summed E-state index contributed by atoms with van der Waals surface area (Å²) in [6.07, 6.45) is 1.83. The van der Waals surface area contributed by atoms with Crippen LogP contribution in [0.5, 0.6) is 0 Å². The lowest BCUT2D eigenvalue weighted by Gasteiger charge is -2.19. The van der Waals surface area contributed by atoms with Crippen molar-refractivity contribution in [2.45, 2.75) is 19.1 Å².